The third-order valence-corrected chi connectivity index (χ3v) is 9.84. The van der Waals surface area contributed by atoms with Crippen molar-refractivity contribution in [3.63, 3.8) is 0 Å². The molecule has 9 atom stereocenters. The number of fused-ring (bicyclic) bond motifs is 5. The lowest BCUT2D eigenvalue weighted by atomic mass is 9.44. The van der Waals surface area contributed by atoms with E-state index in [1.165, 1.54) is 25.7 Å². The Morgan fingerprint density at radius 1 is 0.923 bits per heavy atom. The fraction of sp³-hybridized carbons (Fsp3) is 1.00. The van der Waals surface area contributed by atoms with Crippen LogP contribution in [0.25, 0.3) is 0 Å². The summed E-state index contributed by atoms with van der Waals surface area (Å²) in [5.74, 6) is 2.37. The first-order valence-corrected chi connectivity index (χ1v) is 11.7. The van der Waals surface area contributed by atoms with Crippen molar-refractivity contribution in [3.8, 4) is 0 Å². The molecule has 2 N–H and O–H groups in total. The molecule has 4 saturated carbocycles. The lowest BCUT2D eigenvalue weighted by molar-refractivity contribution is -0.164. The van der Waals surface area contributed by atoms with Crippen LogP contribution in [0.4, 0.5) is 0 Å². The van der Waals surface area contributed by atoms with Gasteiger partial charge < -0.3 is 5.11 Å². The molecule has 0 heterocycles. The highest BCUT2D eigenvalue weighted by Crippen LogP contribution is 2.67. The first kappa shape index (κ1) is 19.2. The van der Waals surface area contributed by atoms with Crippen LogP contribution in [0.1, 0.15) is 72.1 Å². The predicted molar refractivity (Wildman–Crippen MR) is 98.7 cm³/mol. The molecule has 4 fully saturated rings. The summed E-state index contributed by atoms with van der Waals surface area (Å²) < 4.78 is 37.7. The van der Waals surface area contributed by atoms with Crippen molar-refractivity contribution in [1.82, 2.24) is 0 Å². The lowest BCUT2D eigenvalue weighted by Gasteiger charge is -2.62. The molecule has 4 aliphatic carbocycles. The zero-order valence-electron chi connectivity index (χ0n) is 16.2. The summed E-state index contributed by atoms with van der Waals surface area (Å²) in [6.07, 6.45) is 7.02. The van der Waals surface area contributed by atoms with Gasteiger partial charge in [0.1, 0.15) is 0 Å². The Morgan fingerprint density at radius 2 is 1.58 bits per heavy atom. The maximum Gasteiger partial charge on any atom is 0.397 e. The van der Waals surface area contributed by atoms with Crippen molar-refractivity contribution in [2.45, 2.75) is 84.3 Å². The van der Waals surface area contributed by atoms with E-state index in [1.54, 1.807) is 0 Å². The van der Waals surface area contributed by atoms with Crippen LogP contribution in [0.15, 0.2) is 0 Å². The quantitative estimate of drug-likeness (QED) is 0.705. The fourth-order valence-electron chi connectivity index (χ4n) is 7.77. The highest BCUT2D eigenvalue weighted by molar-refractivity contribution is 7.80. The first-order valence-electron chi connectivity index (χ1n) is 10.4. The first-order chi connectivity index (χ1) is 12.0. The normalized spacial score (nSPS) is 54.3. The van der Waals surface area contributed by atoms with Gasteiger partial charge in [-0.3, -0.25) is 4.55 Å². The van der Waals surface area contributed by atoms with Crippen molar-refractivity contribution in [1.29, 1.82) is 0 Å². The monoisotopic (exact) mass is 386 g/mol. The van der Waals surface area contributed by atoms with Gasteiger partial charge in [0.05, 0.1) is 12.2 Å². The van der Waals surface area contributed by atoms with Crippen LogP contribution in [-0.2, 0) is 14.6 Å². The molecule has 0 radical (unpaired) electrons. The molecule has 4 unspecified atom stereocenters. The topological polar surface area (TPSA) is 83.8 Å². The zero-order valence-corrected chi connectivity index (χ0v) is 17.0. The van der Waals surface area contributed by atoms with Gasteiger partial charge in [-0.05, 0) is 91.8 Å². The minimum absolute atomic E-state index is 0.00222. The average molecular weight is 387 g/mol. The molecule has 150 valence electrons. The molecular weight excluding hydrogens is 352 g/mol. The predicted octanol–water partition coefficient (Wildman–Crippen LogP) is 3.82. The van der Waals surface area contributed by atoms with Gasteiger partial charge in [-0.1, -0.05) is 20.8 Å². The van der Waals surface area contributed by atoms with Gasteiger partial charge in [0.15, 0.2) is 0 Å². The van der Waals surface area contributed by atoms with Crippen molar-refractivity contribution in [2.24, 2.45) is 40.4 Å². The van der Waals surface area contributed by atoms with Crippen molar-refractivity contribution in [2.75, 3.05) is 0 Å². The van der Waals surface area contributed by atoms with Gasteiger partial charge in [0.25, 0.3) is 0 Å². The maximum atomic E-state index is 11.5. The summed E-state index contributed by atoms with van der Waals surface area (Å²) in [7, 11) is -4.49. The minimum Gasteiger partial charge on any atom is -0.393 e. The number of aliphatic hydroxyl groups is 1. The number of rotatable bonds is 2. The number of aliphatic hydroxyl groups excluding tert-OH is 1. The largest absolute Gasteiger partial charge is 0.397 e. The Labute approximate surface area is 157 Å². The Morgan fingerprint density at radius 3 is 2.27 bits per heavy atom. The lowest BCUT2D eigenvalue weighted by Crippen LogP contribution is -2.58. The molecule has 6 heteroatoms. The van der Waals surface area contributed by atoms with E-state index in [4.69, 9.17) is 4.18 Å². The van der Waals surface area contributed by atoms with E-state index in [0.717, 1.165) is 12.8 Å². The second-order valence-corrected chi connectivity index (χ2v) is 11.3. The molecule has 0 amide bonds. The average Bonchev–Trinajstić information content (AvgIpc) is 2.83. The molecule has 0 aliphatic heterocycles. The third kappa shape index (κ3) is 2.87. The van der Waals surface area contributed by atoms with E-state index in [1.807, 2.05) is 0 Å². The van der Waals surface area contributed by atoms with Crippen LogP contribution >= 0.6 is 0 Å². The van der Waals surface area contributed by atoms with Crippen LogP contribution in [0, 0.1) is 40.4 Å². The Balaban J connectivity index is 1.70. The molecular formula is C20H34O5S. The highest BCUT2D eigenvalue weighted by Gasteiger charge is 2.62. The zero-order chi connectivity index (χ0) is 18.9. The maximum absolute atomic E-state index is 11.5. The molecule has 4 aliphatic rings. The molecule has 0 spiro atoms. The summed E-state index contributed by atoms with van der Waals surface area (Å²) in [5, 5.41) is 10.2. The van der Waals surface area contributed by atoms with Crippen molar-refractivity contribution >= 4 is 10.4 Å². The number of hydrogen-bond acceptors (Lipinski definition) is 4. The molecule has 0 saturated heterocycles. The van der Waals surface area contributed by atoms with Crippen molar-refractivity contribution < 1.29 is 22.3 Å². The smallest absolute Gasteiger partial charge is 0.393 e. The van der Waals surface area contributed by atoms with E-state index >= 15 is 0 Å². The molecule has 0 aromatic rings. The summed E-state index contributed by atoms with van der Waals surface area (Å²) in [6.45, 7) is 7.10. The Kier molecular flexibility index (Phi) is 4.54. The molecule has 26 heavy (non-hydrogen) atoms. The fourth-order valence-corrected chi connectivity index (χ4v) is 8.30. The van der Waals surface area contributed by atoms with Gasteiger partial charge in [0.2, 0.25) is 0 Å². The van der Waals surface area contributed by atoms with Gasteiger partial charge in [-0.15, -0.1) is 0 Å². The SMILES string of the molecule is C[C@H]1CCC2C3C[C@H](OS(=O)(=O)O)C4C[C@@H](O)CC[C@]4(C)C3CC[C@@]21C. The van der Waals surface area contributed by atoms with Gasteiger partial charge in [-0.2, -0.15) is 8.42 Å². The van der Waals surface area contributed by atoms with Crippen molar-refractivity contribution in [3.05, 3.63) is 0 Å². The molecule has 0 bridgehead atoms. The van der Waals surface area contributed by atoms with Crippen LogP contribution in [-0.4, -0.2) is 30.3 Å². The molecule has 0 aromatic heterocycles. The second kappa shape index (κ2) is 6.16. The van der Waals surface area contributed by atoms with E-state index in [2.05, 4.69) is 20.8 Å². The molecule has 5 nitrogen and oxygen atoms in total. The van der Waals surface area contributed by atoms with E-state index < -0.39 is 22.6 Å². The summed E-state index contributed by atoms with van der Waals surface area (Å²) in [5.41, 5.74) is 0.339. The van der Waals surface area contributed by atoms with E-state index in [0.29, 0.717) is 41.9 Å². The van der Waals surface area contributed by atoms with Crippen LogP contribution in [0.2, 0.25) is 0 Å². The third-order valence-electron chi connectivity index (χ3n) is 9.35. The summed E-state index contributed by atoms with van der Waals surface area (Å²) >= 11 is 0. The standard InChI is InChI=1S/C20H34O5S/c1-12-4-5-15-14-11-18(25-26(22,23)24)17-10-13(21)6-8-20(17,3)16(14)7-9-19(12,15)2/h12-18,21H,4-11H2,1-3H3,(H,22,23,24)/t12-,13-,14?,15?,16?,17?,18-,19+,20+/m0/s1. The van der Waals surface area contributed by atoms with E-state index in [9.17, 15) is 18.1 Å². The minimum atomic E-state index is -4.49. The number of hydrogen-bond donors (Lipinski definition) is 2. The van der Waals surface area contributed by atoms with Gasteiger partial charge in [0, 0.05) is 0 Å². The Hall–Kier alpha value is -0.170. The van der Waals surface area contributed by atoms with Crippen LogP contribution < -0.4 is 0 Å². The van der Waals surface area contributed by atoms with Gasteiger partial charge in [-0.25, -0.2) is 4.18 Å². The summed E-state index contributed by atoms with van der Waals surface area (Å²) in [4.78, 5) is 0. The van der Waals surface area contributed by atoms with Crippen LogP contribution in [0.3, 0.4) is 0 Å². The highest BCUT2D eigenvalue weighted by atomic mass is 32.3. The van der Waals surface area contributed by atoms with Crippen LogP contribution in [0.5, 0.6) is 0 Å². The van der Waals surface area contributed by atoms with Gasteiger partial charge >= 0.3 is 10.4 Å². The summed E-state index contributed by atoms with van der Waals surface area (Å²) in [6, 6.07) is 0. The second-order valence-electron chi connectivity index (χ2n) is 10.2. The van der Waals surface area contributed by atoms with E-state index in [-0.39, 0.29) is 11.3 Å². The molecule has 0 aromatic carbocycles. The molecule has 4 rings (SSSR count). The Bertz CT molecular complexity index is 663.